The number of aliphatic hydroxyl groups excluding tert-OH is 1. The smallest absolute Gasteiger partial charge is 0.103 e. The Morgan fingerprint density at radius 1 is 1.07 bits per heavy atom. The Labute approximate surface area is 169 Å². The van der Waals surface area contributed by atoms with E-state index in [1.54, 1.807) is 12.1 Å². The van der Waals surface area contributed by atoms with E-state index in [-0.39, 0.29) is 6.17 Å². The Kier molecular flexibility index (Phi) is 5.72. The molecule has 0 saturated heterocycles. The van der Waals surface area contributed by atoms with E-state index in [1.807, 2.05) is 67.0 Å². The van der Waals surface area contributed by atoms with Gasteiger partial charge in [0.1, 0.15) is 6.17 Å². The number of benzene rings is 2. The fraction of sp³-hybridized carbons (Fsp3) is 0.174. The Bertz CT molecular complexity index is 957. The van der Waals surface area contributed by atoms with Gasteiger partial charge >= 0.3 is 0 Å². The lowest BCUT2D eigenvalue weighted by molar-refractivity contribution is 0.178. The summed E-state index contributed by atoms with van der Waals surface area (Å²) in [4.78, 5) is 4.66. The summed E-state index contributed by atoms with van der Waals surface area (Å²) in [6.45, 7) is 0.792. The van der Waals surface area contributed by atoms with Crippen molar-refractivity contribution in [2.75, 3.05) is 6.54 Å². The molecule has 4 rings (SSSR count). The van der Waals surface area contributed by atoms with Crippen LogP contribution in [0.3, 0.4) is 0 Å². The Balaban J connectivity index is 1.75. The van der Waals surface area contributed by atoms with Crippen molar-refractivity contribution in [2.24, 2.45) is 0 Å². The zero-order valence-electron chi connectivity index (χ0n) is 15.3. The zero-order valence-corrected chi connectivity index (χ0v) is 16.1. The third-order valence-corrected chi connectivity index (χ3v) is 5.18. The largest absolute Gasteiger partial charge is 0.388 e. The first-order valence-corrected chi connectivity index (χ1v) is 9.71. The molecule has 0 amide bonds. The molecule has 2 unspecified atom stereocenters. The minimum Gasteiger partial charge on any atom is -0.388 e. The molecule has 0 fully saturated rings. The van der Waals surface area contributed by atoms with E-state index in [9.17, 15) is 5.11 Å². The Hall–Kier alpha value is -2.66. The lowest BCUT2D eigenvalue weighted by Gasteiger charge is -2.26. The summed E-state index contributed by atoms with van der Waals surface area (Å²) in [6.07, 6.45) is 5.61. The van der Waals surface area contributed by atoms with Crippen LogP contribution in [0.1, 0.15) is 29.0 Å². The fourth-order valence-electron chi connectivity index (χ4n) is 3.50. The van der Waals surface area contributed by atoms with Gasteiger partial charge in [-0.15, -0.1) is 0 Å². The molecule has 3 aromatic rings. The summed E-state index contributed by atoms with van der Waals surface area (Å²) in [5.74, 6) is 0. The van der Waals surface area contributed by atoms with Crippen LogP contribution >= 0.6 is 11.6 Å². The van der Waals surface area contributed by atoms with Crippen molar-refractivity contribution in [3.63, 3.8) is 0 Å². The molecule has 1 aliphatic rings. The van der Waals surface area contributed by atoms with Crippen LogP contribution in [0.15, 0.2) is 79.1 Å². The highest BCUT2D eigenvalue weighted by Crippen LogP contribution is 2.31. The van der Waals surface area contributed by atoms with Crippen molar-refractivity contribution in [3.05, 3.63) is 101 Å². The van der Waals surface area contributed by atoms with Gasteiger partial charge in [0.2, 0.25) is 0 Å². The van der Waals surface area contributed by atoms with Gasteiger partial charge in [-0.3, -0.25) is 10.3 Å². The van der Waals surface area contributed by atoms with E-state index >= 15 is 0 Å². The Morgan fingerprint density at radius 2 is 1.86 bits per heavy atom. The summed E-state index contributed by atoms with van der Waals surface area (Å²) < 4.78 is 0. The summed E-state index contributed by atoms with van der Waals surface area (Å²) in [5.41, 5.74) is 4.88. The standard InChI is InChI=1S/C23H22ClN3O/c24-18-9-7-16(8-10-18)21(28)15-20-19(23-26-12-4-13-27-23)11-14-25-22(20)17-5-2-1-3-6-17/h1-12,14,21,23,26-28H,13,15H2. The molecule has 0 aliphatic carbocycles. The number of nitrogens with one attached hydrogen (secondary N) is 2. The molecule has 28 heavy (non-hydrogen) atoms. The molecule has 3 N–H and O–H groups in total. The molecular weight excluding hydrogens is 370 g/mol. The summed E-state index contributed by atoms with van der Waals surface area (Å²) in [7, 11) is 0. The maximum absolute atomic E-state index is 10.9. The van der Waals surface area contributed by atoms with Crippen LogP contribution in [0.2, 0.25) is 5.02 Å². The normalized spacial score (nSPS) is 17.1. The highest BCUT2D eigenvalue weighted by molar-refractivity contribution is 6.30. The lowest BCUT2D eigenvalue weighted by Crippen LogP contribution is -2.35. The number of pyridine rings is 1. The number of halogens is 1. The average Bonchev–Trinajstić information content (AvgIpc) is 2.75. The SMILES string of the molecule is OC(Cc1c(C2NC=CCN2)ccnc1-c1ccccc1)c1ccc(Cl)cc1. The number of hydrogen-bond acceptors (Lipinski definition) is 4. The van der Waals surface area contributed by atoms with E-state index in [1.165, 1.54) is 0 Å². The van der Waals surface area contributed by atoms with Gasteiger partial charge in [0.25, 0.3) is 0 Å². The number of rotatable bonds is 5. The molecule has 2 heterocycles. The summed E-state index contributed by atoms with van der Waals surface area (Å²) in [5, 5.41) is 18.4. The van der Waals surface area contributed by atoms with Crippen LogP contribution in [-0.2, 0) is 6.42 Å². The Morgan fingerprint density at radius 3 is 2.57 bits per heavy atom. The molecule has 2 aromatic carbocycles. The second-order valence-electron chi connectivity index (χ2n) is 6.78. The molecule has 0 bridgehead atoms. The van der Waals surface area contributed by atoms with Crippen LogP contribution in [0, 0.1) is 0 Å². The number of nitrogens with zero attached hydrogens (tertiary/aromatic N) is 1. The maximum Gasteiger partial charge on any atom is 0.103 e. The lowest BCUT2D eigenvalue weighted by atomic mass is 9.92. The van der Waals surface area contributed by atoms with Crippen molar-refractivity contribution < 1.29 is 5.11 Å². The molecule has 0 radical (unpaired) electrons. The molecule has 0 saturated carbocycles. The van der Waals surface area contributed by atoms with Crippen molar-refractivity contribution in [1.29, 1.82) is 0 Å². The summed E-state index contributed by atoms with van der Waals surface area (Å²) in [6, 6.07) is 19.4. The van der Waals surface area contributed by atoms with Gasteiger partial charge in [0, 0.05) is 29.7 Å². The first-order chi connectivity index (χ1) is 13.7. The van der Waals surface area contributed by atoms with Gasteiger partial charge in [0.05, 0.1) is 11.8 Å². The monoisotopic (exact) mass is 391 g/mol. The highest BCUT2D eigenvalue weighted by atomic mass is 35.5. The highest BCUT2D eigenvalue weighted by Gasteiger charge is 2.22. The molecular formula is C23H22ClN3O. The quantitative estimate of drug-likeness (QED) is 0.604. The van der Waals surface area contributed by atoms with Gasteiger partial charge in [-0.25, -0.2) is 0 Å². The predicted molar refractivity (Wildman–Crippen MR) is 113 cm³/mol. The third-order valence-electron chi connectivity index (χ3n) is 4.92. The van der Waals surface area contributed by atoms with Crippen LogP contribution in [0.25, 0.3) is 11.3 Å². The molecule has 5 heteroatoms. The average molecular weight is 392 g/mol. The van der Waals surface area contributed by atoms with Crippen LogP contribution in [-0.4, -0.2) is 16.6 Å². The fourth-order valence-corrected chi connectivity index (χ4v) is 3.63. The zero-order chi connectivity index (χ0) is 19.3. The topological polar surface area (TPSA) is 57.2 Å². The van der Waals surface area contributed by atoms with E-state index < -0.39 is 6.10 Å². The van der Waals surface area contributed by atoms with Crippen molar-refractivity contribution in [1.82, 2.24) is 15.6 Å². The first-order valence-electron chi connectivity index (χ1n) is 9.33. The van der Waals surface area contributed by atoms with E-state index in [4.69, 9.17) is 11.6 Å². The molecule has 142 valence electrons. The van der Waals surface area contributed by atoms with E-state index in [0.29, 0.717) is 11.4 Å². The van der Waals surface area contributed by atoms with Gasteiger partial charge in [-0.2, -0.15) is 0 Å². The maximum atomic E-state index is 10.9. The van der Waals surface area contributed by atoms with E-state index in [2.05, 4.69) is 15.6 Å². The molecule has 4 nitrogen and oxygen atoms in total. The van der Waals surface area contributed by atoms with Gasteiger partial charge in [-0.1, -0.05) is 60.1 Å². The van der Waals surface area contributed by atoms with Crippen LogP contribution in [0.5, 0.6) is 0 Å². The van der Waals surface area contributed by atoms with Gasteiger partial charge in [-0.05, 0) is 41.1 Å². The second kappa shape index (κ2) is 8.57. The number of aliphatic hydroxyl groups is 1. The third kappa shape index (κ3) is 4.09. The van der Waals surface area contributed by atoms with Crippen molar-refractivity contribution >= 4 is 11.6 Å². The van der Waals surface area contributed by atoms with Crippen molar-refractivity contribution in [3.8, 4) is 11.3 Å². The van der Waals surface area contributed by atoms with Crippen LogP contribution < -0.4 is 10.6 Å². The van der Waals surface area contributed by atoms with Crippen LogP contribution in [0.4, 0.5) is 0 Å². The number of hydrogen-bond donors (Lipinski definition) is 3. The van der Waals surface area contributed by atoms with Crippen molar-refractivity contribution in [2.45, 2.75) is 18.7 Å². The predicted octanol–water partition coefficient (Wildman–Crippen LogP) is 4.38. The molecule has 1 aliphatic heterocycles. The number of aromatic nitrogens is 1. The van der Waals surface area contributed by atoms with Gasteiger partial charge < -0.3 is 10.4 Å². The van der Waals surface area contributed by atoms with E-state index in [0.717, 1.165) is 34.5 Å². The minimum atomic E-state index is -0.651. The summed E-state index contributed by atoms with van der Waals surface area (Å²) >= 11 is 5.99. The second-order valence-corrected chi connectivity index (χ2v) is 7.21. The molecule has 1 aromatic heterocycles. The molecule has 2 atom stereocenters. The minimum absolute atomic E-state index is 0.0251. The van der Waals surface area contributed by atoms with Gasteiger partial charge in [0.15, 0.2) is 0 Å². The first kappa shape index (κ1) is 18.7. The molecule has 0 spiro atoms.